The summed E-state index contributed by atoms with van der Waals surface area (Å²) in [6.45, 7) is 0. The summed E-state index contributed by atoms with van der Waals surface area (Å²) in [4.78, 5) is 24.1. The average Bonchev–Trinajstić information content (AvgIpc) is 2.96. The fraction of sp³-hybridized carbons (Fsp3) is 0.263. The number of methoxy groups -OCH3 is 1. The zero-order chi connectivity index (χ0) is 17.8. The SMILES string of the molecule is COc1ccc(CC(=O)N[C@H]2CC(=O)O[C@H]2c2ccccc2)cc1Cl. The van der Waals surface area contributed by atoms with Gasteiger partial charge in [-0.15, -0.1) is 0 Å². The minimum atomic E-state index is -0.461. The number of carbonyl (C=O) groups is 2. The van der Waals surface area contributed by atoms with Crippen LogP contribution in [0.3, 0.4) is 0 Å². The van der Waals surface area contributed by atoms with Gasteiger partial charge in [-0.1, -0.05) is 48.0 Å². The van der Waals surface area contributed by atoms with Gasteiger partial charge in [-0.2, -0.15) is 0 Å². The number of rotatable bonds is 5. The minimum absolute atomic E-state index is 0.161. The zero-order valence-electron chi connectivity index (χ0n) is 13.7. The third-order valence-corrected chi connectivity index (χ3v) is 4.36. The highest BCUT2D eigenvalue weighted by Crippen LogP contribution is 2.30. The highest BCUT2D eigenvalue weighted by molar-refractivity contribution is 6.32. The van der Waals surface area contributed by atoms with Crippen LogP contribution < -0.4 is 10.1 Å². The van der Waals surface area contributed by atoms with Crippen LogP contribution in [0.2, 0.25) is 5.02 Å². The van der Waals surface area contributed by atoms with Crippen LogP contribution in [0.4, 0.5) is 0 Å². The summed E-state index contributed by atoms with van der Waals surface area (Å²) in [5.74, 6) is 0.0573. The van der Waals surface area contributed by atoms with Gasteiger partial charge < -0.3 is 14.8 Å². The quantitative estimate of drug-likeness (QED) is 0.833. The van der Waals surface area contributed by atoms with Gasteiger partial charge in [0.25, 0.3) is 0 Å². The van der Waals surface area contributed by atoms with Crippen LogP contribution in [0.5, 0.6) is 5.75 Å². The lowest BCUT2D eigenvalue weighted by Crippen LogP contribution is -2.37. The summed E-state index contributed by atoms with van der Waals surface area (Å²) >= 11 is 6.08. The van der Waals surface area contributed by atoms with Gasteiger partial charge >= 0.3 is 5.97 Å². The molecule has 0 aliphatic carbocycles. The van der Waals surface area contributed by atoms with Gasteiger partial charge in [0, 0.05) is 0 Å². The Hall–Kier alpha value is -2.53. The van der Waals surface area contributed by atoms with Crippen molar-refractivity contribution >= 4 is 23.5 Å². The largest absolute Gasteiger partial charge is 0.495 e. The highest BCUT2D eigenvalue weighted by Gasteiger charge is 2.36. The molecular weight excluding hydrogens is 342 g/mol. The fourth-order valence-electron chi connectivity index (χ4n) is 2.89. The second-order valence-corrected chi connectivity index (χ2v) is 6.25. The van der Waals surface area contributed by atoms with Crippen molar-refractivity contribution in [1.29, 1.82) is 0 Å². The summed E-state index contributed by atoms with van der Waals surface area (Å²) in [7, 11) is 1.54. The molecule has 1 saturated heterocycles. The van der Waals surface area contributed by atoms with E-state index < -0.39 is 6.10 Å². The molecule has 1 heterocycles. The van der Waals surface area contributed by atoms with Gasteiger partial charge in [0.2, 0.25) is 5.91 Å². The Morgan fingerprint density at radius 2 is 2.04 bits per heavy atom. The second kappa shape index (κ2) is 7.57. The summed E-state index contributed by atoms with van der Waals surface area (Å²) in [6, 6.07) is 14.2. The van der Waals surface area contributed by atoms with E-state index in [-0.39, 0.29) is 30.8 Å². The Bertz CT molecular complexity index is 778. The van der Waals surface area contributed by atoms with E-state index >= 15 is 0 Å². The number of nitrogens with one attached hydrogen (secondary N) is 1. The first-order chi connectivity index (χ1) is 12.1. The summed E-state index contributed by atoms with van der Waals surface area (Å²) in [6.07, 6.45) is -0.137. The van der Waals surface area contributed by atoms with E-state index in [4.69, 9.17) is 21.1 Å². The third kappa shape index (κ3) is 4.12. The number of esters is 1. The lowest BCUT2D eigenvalue weighted by molar-refractivity contribution is -0.141. The topological polar surface area (TPSA) is 64.6 Å². The van der Waals surface area contributed by atoms with Gasteiger partial charge in [0.05, 0.1) is 31.0 Å². The molecule has 0 saturated carbocycles. The number of halogens is 1. The van der Waals surface area contributed by atoms with Crippen molar-refractivity contribution in [1.82, 2.24) is 5.32 Å². The van der Waals surface area contributed by atoms with Gasteiger partial charge in [0.1, 0.15) is 11.9 Å². The molecule has 1 fully saturated rings. The predicted molar refractivity (Wildman–Crippen MR) is 93.5 cm³/mol. The number of cyclic esters (lactones) is 1. The van der Waals surface area contributed by atoms with Crippen molar-refractivity contribution in [2.75, 3.05) is 7.11 Å². The normalized spacial score (nSPS) is 19.4. The van der Waals surface area contributed by atoms with Crippen molar-refractivity contribution in [3.8, 4) is 5.75 Å². The van der Waals surface area contributed by atoms with Crippen LogP contribution >= 0.6 is 11.6 Å². The maximum atomic E-state index is 12.4. The molecule has 3 rings (SSSR count). The van der Waals surface area contributed by atoms with Gasteiger partial charge in [-0.05, 0) is 23.3 Å². The molecule has 5 nitrogen and oxygen atoms in total. The molecule has 0 spiro atoms. The molecule has 1 aliphatic heterocycles. The molecule has 0 bridgehead atoms. The smallest absolute Gasteiger partial charge is 0.308 e. The van der Waals surface area contributed by atoms with E-state index in [0.29, 0.717) is 10.8 Å². The monoisotopic (exact) mass is 359 g/mol. The molecule has 1 aliphatic rings. The molecule has 25 heavy (non-hydrogen) atoms. The molecular formula is C19H18ClNO4. The van der Waals surface area contributed by atoms with E-state index in [9.17, 15) is 9.59 Å². The van der Waals surface area contributed by atoms with Crippen molar-refractivity contribution in [2.24, 2.45) is 0 Å². The Balaban J connectivity index is 1.67. The third-order valence-electron chi connectivity index (χ3n) is 4.07. The van der Waals surface area contributed by atoms with Crippen LogP contribution in [0.1, 0.15) is 23.7 Å². The summed E-state index contributed by atoms with van der Waals surface area (Å²) in [5.41, 5.74) is 1.64. The van der Waals surface area contributed by atoms with Crippen LogP contribution in [0.15, 0.2) is 48.5 Å². The molecule has 1 N–H and O–H groups in total. The number of amides is 1. The molecule has 2 aromatic rings. The molecule has 6 heteroatoms. The van der Waals surface area contributed by atoms with Crippen LogP contribution in [0, 0.1) is 0 Å². The number of hydrogen-bond acceptors (Lipinski definition) is 4. The standard InChI is InChI=1S/C19H18ClNO4/c1-24-16-8-7-12(9-14(16)20)10-17(22)21-15-11-18(23)25-19(15)13-5-3-2-4-6-13/h2-9,15,19H,10-11H2,1H3,(H,21,22)/t15-,19-/m0/s1. The van der Waals surface area contributed by atoms with Crippen LogP contribution in [0.25, 0.3) is 0 Å². The first kappa shape index (κ1) is 17.3. The van der Waals surface area contributed by atoms with Gasteiger partial charge in [-0.3, -0.25) is 9.59 Å². The number of ether oxygens (including phenoxy) is 2. The highest BCUT2D eigenvalue weighted by atomic mass is 35.5. The van der Waals surface area contributed by atoms with E-state index in [1.807, 2.05) is 30.3 Å². The van der Waals surface area contributed by atoms with E-state index in [1.54, 1.807) is 18.2 Å². The molecule has 0 radical (unpaired) electrons. The molecule has 1 amide bonds. The van der Waals surface area contributed by atoms with Crippen LogP contribution in [-0.4, -0.2) is 25.0 Å². The van der Waals surface area contributed by atoms with Crippen molar-refractivity contribution in [3.05, 3.63) is 64.7 Å². The van der Waals surface area contributed by atoms with Crippen molar-refractivity contribution in [3.63, 3.8) is 0 Å². The van der Waals surface area contributed by atoms with E-state index in [0.717, 1.165) is 11.1 Å². The Kier molecular flexibility index (Phi) is 5.24. The van der Waals surface area contributed by atoms with Gasteiger partial charge in [0.15, 0.2) is 0 Å². The van der Waals surface area contributed by atoms with Crippen molar-refractivity contribution in [2.45, 2.75) is 25.0 Å². The maximum Gasteiger partial charge on any atom is 0.308 e. The summed E-state index contributed by atoms with van der Waals surface area (Å²) in [5, 5.41) is 3.35. The molecule has 0 unspecified atom stereocenters. The average molecular weight is 360 g/mol. The van der Waals surface area contributed by atoms with E-state index in [2.05, 4.69) is 5.32 Å². The number of benzene rings is 2. The number of hydrogen-bond donors (Lipinski definition) is 1. The summed E-state index contributed by atoms with van der Waals surface area (Å²) < 4.78 is 10.5. The second-order valence-electron chi connectivity index (χ2n) is 5.84. The molecule has 2 aromatic carbocycles. The Morgan fingerprint density at radius 1 is 1.28 bits per heavy atom. The minimum Gasteiger partial charge on any atom is -0.495 e. The lowest BCUT2D eigenvalue weighted by Gasteiger charge is -2.19. The molecule has 2 atom stereocenters. The van der Waals surface area contributed by atoms with Crippen molar-refractivity contribution < 1.29 is 19.1 Å². The van der Waals surface area contributed by atoms with E-state index in [1.165, 1.54) is 7.11 Å². The zero-order valence-corrected chi connectivity index (χ0v) is 14.5. The maximum absolute atomic E-state index is 12.4. The first-order valence-electron chi connectivity index (χ1n) is 7.93. The van der Waals surface area contributed by atoms with Gasteiger partial charge in [-0.25, -0.2) is 0 Å². The fourth-order valence-corrected chi connectivity index (χ4v) is 3.17. The van der Waals surface area contributed by atoms with Crippen LogP contribution in [-0.2, 0) is 20.7 Å². The Labute approximate surface area is 150 Å². The molecule has 0 aromatic heterocycles. The lowest BCUT2D eigenvalue weighted by atomic mass is 10.0. The molecule has 130 valence electrons. The number of carbonyl (C=O) groups excluding carboxylic acids is 2. The Morgan fingerprint density at radius 3 is 2.72 bits per heavy atom. The predicted octanol–water partition coefficient (Wildman–Crippen LogP) is 3.06. The first-order valence-corrected chi connectivity index (χ1v) is 8.31.